The van der Waals surface area contributed by atoms with Crippen LogP contribution in [0.4, 0.5) is 5.69 Å². The lowest BCUT2D eigenvalue weighted by molar-refractivity contribution is -0.140. The maximum Gasteiger partial charge on any atom is 0.264 e. The Morgan fingerprint density at radius 2 is 1.44 bits per heavy atom. The number of carbonyl (C=O) groups is 2. The minimum Gasteiger partial charge on any atom is -0.457 e. The molecule has 1 aliphatic carbocycles. The second kappa shape index (κ2) is 16.0. The smallest absolute Gasteiger partial charge is 0.264 e. The molecule has 0 radical (unpaired) electrons. The molecule has 1 atom stereocenters. The molecule has 0 unspecified atom stereocenters. The van der Waals surface area contributed by atoms with Gasteiger partial charge in [-0.1, -0.05) is 86.3 Å². The number of sulfonamides is 1. The topological polar surface area (TPSA) is 96.0 Å². The van der Waals surface area contributed by atoms with Gasteiger partial charge in [0.25, 0.3) is 10.0 Å². The molecular weight excluding hydrogens is 623 g/mol. The molecule has 4 aromatic carbocycles. The van der Waals surface area contributed by atoms with Gasteiger partial charge in [0, 0.05) is 12.6 Å². The number of rotatable bonds is 13. The van der Waals surface area contributed by atoms with Gasteiger partial charge in [0.1, 0.15) is 24.1 Å². The minimum atomic E-state index is -4.18. The van der Waals surface area contributed by atoms with Crippen molar-refractivity contribution in [3.8, 4) is 11.5 Å². The van der Waals surface area contributed by atoms with E-state index in [1.54, 1.807) is 53.4 Å². The average molecular weight is 668 g/mol. The van der Waals surface area contributed by atoms with Gasteiger partial charge in [-0.25, -0.2) is 8.42 Å². The summed E-state index contributed by atoms with van der Waals surface area (Å²) in [7, 11) is -4.18. The number of nitrogens with zero attached hydrogens (tertiary/aromatic N) is 2. The van der Waals surface area contributed by atoms with Crippen molar-refractivity contribution in [2.45, 2.75) is 82.8 Å². The van der Waals surface area contributed by atoms with Gasteiger partial charge in [-0.3, -0.25) is 13.9 Å². The fourth-order valence-corrected chi connectivity index (χ4v) is 7.52. The van der Waals surface area contributed by atoms with Crippen molar-refractivity contribution >= 4 is 27.5 Å². The summed E-state index contributed by atoms with van der Waals surface area (Å²) in [5, 5.41) is 3.20. The van der Waals surface area contributed by atoms with Crippen LogP contribution in [-0.2, 0) is 26.2 Å². The highest BCUT2D eigenvalue weighted by Crippen LogP contribution is 2.29. The van der Waals surface area contributed by atoms with Crippen molar-refractivity contribution in [1.29, 1.82) is 0 Å². The molecule has 1 N–H and O–H groups in total. The molecule has 1 aliphatic rings. The summed E-state index contributed by atoms with van der Waals surface area (Å²) in [5.41, 5.74) is 3.10. The maximum atomic E-state index is 14.5. The van der Waals surface area contributed by atoms with Gasteiger partial charge in [0.2, 0.25) is 11.8 Å². The number of nitrogens with one attached hydrogen (secondary N) is 1. The maximum absolute atomic E-state index is 14.5. The first-order valence-electron chi connectivity index (χ1n) is 16.7. The number of ether oxygens (including phenoxy) is 1. The molecule has 0 aromatic heterocycles. The largest absolute Gasteiger partial charge is 0.457 e. The van der Waals surface area contributed by atoms with Crippen LogP contribution < -0.4 is 14.4 Å². The lowest BCUT2D eigenvalue weighted by atomic mass is 9.95. The summed E-state index contributed by atoms with van der Waals surface area (Å²) >= 11 is 0. The number of benzene rings is 4. The first-order valence-corrected chi connectivity index (χ1v) is 18.2. The van der Waals surface area contributed by atoms with Crippen LogP contribution in [0.5, 0.6) is 11.5 Å². The van der Waals surface area contributed by atoms with Crippen LogP contribution in [0.15, 0.2) is 108 Å². The molecule has 4 aromatic rings. The molecule has 8 nitrogen and oxygen atoms in total. The molecule has 252 valence electrons. The number of hydrogen-bond donors (Lipinski definition) is 1. The van der Waals surface area contributed by atoms with E-state index in [4.69, 9.17) is 4.74 Å². The zero-order valence-electron chi connectivity index (χ0n) is 28.0. The lowest BCUT2D eigenvalue weighted by Gasteiger charge is -2.34. The van der Waals surface area contributed by atoms with Crippen molar-refractivity contribution in [2.75, 3.05) is 10.8 Å². The van der Waals surface area contributed by atoms with Crippen molar-refractivity contribution in [3.05, 3.63) is 120 Å². The van der Waals surface area contributed by atoms with E-state index in [2.05, 4.69) is 5.32 Å². The molecule has 48 heavy (non-hydrogen) atoms. The monoisotopic (exact) mass is 667 g/mol. The molecule has 1 fully saturated rings. The van der Waals surface area contributed by atoms with Crippen LogP contribution in [0.25, 0.3) is 0 Å². The van der Waals surface area contributed by atoms with Gasteiger partial charge in [0.05, 0.1) is 10.6 Å². The third kappa shape index (κ3) is 8.63. The summed E-state index contributed by atoms with van der Waals surface area (Å²) in [6.45, 7) is 5.41. The molecule has 9 heteroatoms. The number of anilines is 1. The Balaban J connectivity index is 1.49. The molecule has 1 saturated carbocycles. The Labute approximate surface area is 284 Å². The summed E-state index contributed by atoms with van der Waals surface area (Å²) in [6, 6.07) is 29.5. The normalized spacial score (nSPS) is 14.1. The number of hydrogen-bond acceptors (Lipinski definition) is 5. The third-order valence-electron chi connectivity index (χ3n) is 8.93. The number of carbonyl (C=O) groups excluding carboxylic acids is 2. The summed E-state index contributed by atoms with van der Waals surface area (Å²) in [5.74, 6) is 0.495. The highest BCUT2D eigenvalue weighted by Gasteiger charge is 2.34. The molecule has 0 heterocycles. The Morgan fingerprint density at radius 3 is 2.08 bits per heavy atom. The van der Waals surface area contributed by atoms with Crippen molar-refractivity contribution < 1.29 is 22.7 Å². The van der Waals surface area contributed by atoms with Crippen LogP contribution in [0.2, 0.25) is 0 Å². The zero-order valence-corrected chi connectivity index (χ0v) is 28.8. The first-order chi connectivity index (χ1) is 23.2. The Hall–Kier alpha value is -4.63. The van der Waals surface area contributed by atoms with Crippen molar-refractivity contribution in [1.82, 2.24) is 10.2 Å². The van der Waals surface area contributed by atoms with Gasteiger partial charge in [-0.2, -0.15) is 0 Å². The van der Waals surface area contributed by atoms with Crippen LogP contribution >= 0.6 is 0 Å². The fraction of sp³-hybridized carbons (Fsp3) is 0.333. The van der Waals surface area contributed by atoms with Crippen LogP contribution in [-0.4, -0.2) is 43.8 Å². The summed E-state index contributed by atoms with van der Waals surface area (Å²) in [4.78, 5) is 29.9. The predicted molar refractivity (Wildman–Crippen MR) is 189 cm³/mol. The molecule has 0 spiro atoms. The van der Waals surface area contributed by atoms with E-state index in [0.29, 0.717) is 23.6 Å². The standard InChI is InChI=1S/C39H45N3O5S/c1-4-37(39(44)40-32-15-7-5-8-16-32)41(27-31-14-12-11-13-30(31)3)38(43)28-42(48(45,46)36-25-19-29(2)20-26-36)33-21-23-35(24-22-33)47-34-17-9-6-10-18-34/h6,9-14,17-26,32,37H,4-5,7-8,15-16,27-28H2,1-3H3,(H,40,44)/t37-/m0/s1. The summed E-state index contributed by atoms with van der Waals surface area (Å²) < 4.78 is 35.6. The Morgan fingerprint density at radius 1 is 0.812 bits per heavy atom. The van der Waals surface area contributed by atoms with E-state index in [9.17, 15) is 18.0 Å². The van der Waals surface area contributed by atoms with E-state index in [1.807, 2.05) is 75.4 Å². The summed E-state index contributed by atoms with van der Waals surface area (Å²) in [6.07, 6.45) is 5.50. The van der Waals surface area contributed by atoms with Crippen molar-refractivity contribution in [3.63, 3.8) is 0 Å². The van der Waals surface area contributed by atoms with E-state index in [-0.39, 0.29) is 23.4 Å². The molecular formula is C39H45N3O5S. The van der Waals surface area contributed by atoms with Gasteiger partial charge < -0.3 is 15.0 Å². The van der Waals surface area contributed by atoms with Crippen LogP contribution in [0.1, 0.15) is 62.1 Å². The van der Waals surface area contributed by atoms with E-state index < -0.39 is 28.5 Å². The fourth-order valence-electron chi connectivity index (χ4n) is 6.11. The minimum absolute atomic E-state index is 0.0676. The highest BCUT2D eigenvalue weighted by atomic mass is 32.2. The van der Waals surface area contributed by atoms with E-state index in [0.717, 1.165) is 53.1 Å². The third-order valence-corrected chi connectivity index (χ3v) is 10.7. The first kappa shape index (κ1) is 34.7. The van der Waals surface area contributed by atoms with Gasteiger partial charge in [-0.05, 0) is 92.8 Å². The van der Waals surface area contributed by atoms with Gasteiger partial charge in [0.15, 0.2) is 0 Å². The average Bonchev–Trinajstić information content (AvgIpc) is 3.09. The Kier molecular flexibility index (Phi) is 11.5. The van der Waals surface area contributed by atoms with Gasteiger partial charge in [-0.15, -0.1) is 0 Å². The predicted octanol–water partition coefficient (Wildman–Crippen LogP) is 7.55. The highest BCUT2D eigenvalue weighted by molar-refractivity contribution is 7.92. The SMILES string of the molecule is CC[C@@H](C(=O)NC1CCCCC1)N(Cc1ccccc1C)C(=O)CN(c1ccc(Oc2ccccc2)cc1)S(=O)(=O)c1ccc(C)cc1. The lowest BCUT2D eigenvalue weighted by Crippen LogP contribution is -2.54. The quantitative estimate of drug-likeness (QED) is 0.159. The van der Waals surface area contributed by atoms with Gasteiger partial charge >= 0.3 is 0 Å². The van der Waals surface area contributed by atoms with Crippen LogP contribution in [0.3, 0.4) is 0 Å². The number of amides is 2. The van der Waals surface area contributed by atoms with E-state index >= 15 is 0 Å². The number of para-hydroxylation sites is 1. The molecule has 5 rings (SSSR count). The Bertz CT molecular complexity index is 1770. The van der Waals surface area contributed by atoms with Crippen LogP contribution in [0, 0.1) is 13.8 Å². The molecule has 0 aliphatic heterocycles. The number of aryl methyl sites for hydroxylation is 2. The second-order valence-electron chi connectivity index (χ2n) is 12.4. The zero-order chi connectivity index (χ0) is 34.1. The van der Waals surface area contributed by atoms with Crippen molar-refractivity contribution in [2.24, 2.45) is 0 Å². The second-order valence-corrected chi connectivity index (χ2v) is 14.3. The molecule has 0 saturated heterocycles. The van der Waals surface area contributed by atoms with E-state index in [1.165, 1.54) is 0 Å². The molecule has 2 amide bonds. The molecule has 0 bridgehead atoms.